The number of carbonyl (C=O) groups excluding carboxylic acids is 1. The highest BCUT2D eigenvalue weighted by Crippen LogP contribution is 2.31. The van der Waals surface area contributed by atoms with Gasteiger partial charge in [-0.15, -0.1) is 0 Å². The smallest absolute Gasteiger partial charge is 0.238 e. The van der Waals surface area contributed by atoms with Gasteiger partial charge in [0.2, 0.25) is 11.8 Å². The van der Waals surface area contributed by atoms with E-state index in [1.807, 2.05) is 6.07 Å². The first-order valence-corrected chi connectivity index (χ1v) is 5.41. The Hall–Kier alpha value is -1.10. The van der Waals surface area contributed by atoms with Crippen molar-refractivity contribution < 1.29 is 9.53 Å². The lowest BCUT2D eigenvalue weighted by atomic mass is 10.3. The summed E-state index contributed by atoms with van der Waals surface area (Å²) >= 11 is 3.32. The van der Waals surface area contributed by atoms with Crippen molar-refractivity contribution in [2.45, 2.75) is 6.92 Å². The van der Waals surface area contributed by atoms with E-state index in [0.29, 0.717) is 19.0 Å². The zero-order valence-electron chi connectivity index (χ0n) is 8.24. The molecule has 0 saturated heterocycles. The molecule has 0 aliphatic carbocycles. The number of anilines is 1. The second-order valence-corrected chi connectivity index (χ2v) is 4.02. The van der Waals surface area contributed by atoms with Crippen molar-refractivity contribution in [3.63, 3.8) is 0 Å². The molecule has 1 aliphatic rings. The molecule has 1 aromatic heterocycles. The Morgan fingerprint density at radius 1 is 1.73 bits per heavy atom. The van der Waals surface area contributed by atoms with Crippen LogP contribution in [0.3, 0.4) is 0 Å². The average Bonchev–Trinajstić information content (AvgIpc) is 2.27. The molecule has 1 aromatic rings. The van der Waals surface area contributed by atoms with Gasteiger partial charge in [-0.25, -0.2) is 4.98 Å². The van der Waals surface area contributed by atoms with E-state index in [1.165, 1.54) is 6.42 Å². The molecule has 15 heavy (non-hydrogen) atoms. The molecule has 1 aliphatic heterocycles. The van der Waals surface area contributed by atoms with Gasteiger partial charge >= 0.3 is 0 Å². The van der Waals surface area contributed by atoms with Crippen LogP contribution in [-0.4, -0.2) is 24.0 Å². The lowest BCUT2D eigenvalue weighted by Gasteiger charge is -2.28. The standard InChI is InChI=1S/C10H10BrN2O2/c1-2-9(14)13-3-4-15-10-8(13)5-7(11)6-12-10/h2,5-6H,3-4H2,1H3. The second kappa shape index (κ2) is 4.18. The third-order valence-corrected chi connectivity index (χ3v) is 2.59. The summed E-state index contributed by atoms with van der Waals surface area (Å²) in [4.78, 5) is 17.4. The average molecular weight is 270 g/mol. The highest BCUT2D eigenvalue weighted by molar-refractivity contribution is 9.10. The zero-order chi connectivity index (χ0) is 10.8. The van der Waals surface area contributed by atoms with Crippen molar-refractivity contribution in [2.24, 2.45) is 0 Å². The highest BCUT2D eigenvalue weighted by atomic mass is 79.9. The van der Waals surface area contributed by atoms with Crippen LogP contribution in [0.1, 0.15) is 6.92 Å². The molecule has 0 fully saturated rings. The molecule has 4 nitrogen and oxygen atoms in total. The van der Waals surface area contributed by atoms with Crippen molar-refractivity contribution in [2.75, 3.05) is 18.1 Å². The Morgan fingerprint density at radius 3 is 3.27 bits per heavy atom. The largest absolute Gasteiger partial charge is 0.474 e. The molecule has 0 bridgehead atoms. The highest BCUT2D eigenvalue weighted by Gasteiger charge is 2.23. The summed E-state index contributed by atoms with van der Waals surface area (Å²) in [5.41, 5.74) is 0.721. The minimum Gasteiger partial charge on any atom is -0.474 e. The van der Waals surface area contributed by atoms with Crippen LogP contribution in [-0.2, 0) is 4.79 Å². The quantitative estimate of drug-likeness (QED) is 0.781. The van der Waals surface area contributed by atoms with E-state index < -0.39 is 0 Å². The predicted octanol–water partition coefficient (Wildman–Crippen LogP) is 1.79. The number of pyridine rings is 1. The number of rotatable bonds is 1. The van der Waals surface area contributed by atoms with E-state index in [0.717, 1.165) is 10.2 Å². The molecule has 1 amide bonds. The summed E-state index contributed by atoms with van der Waals surface area (Å²) in [5.74, 6) is 0.485. The van der Waals surface area contributed by atoms with Gasteiger partial charge in [0.25, 0.3) is 0 Å². The predicted molar refractivity (Wildman–Crippen MR) is 59.8 cm³/mol. The molecule has 79 valence electrons. The first-order chi connectivity index (χ1) is 7.22. The fourth-order valence-corrected chi connectivity index (χ4v) is 1.78. The van der Waals surface area contributed by atoms with Crippen LogP contribution in [0.4, 0.5) is 5.69 Å². The minimum atomic E-state index is -0.0283. The Kier molecular flexibility index (Phi) is 2.90. The molecular formula is C10H10BrN2O2. The van der Waals surface area contributed by atoms with E-state index in [4.69, 9.17) is 4.74 Å². The van der Waals surface area contributed by atoms with E-state index in [2.05, 4.69) is 20.9 Å². The fraction of sp³-hybridized carbons (Fsp3) is 0.300. The lowest BCUT2D eigenvalue weighted by Crippen LogP contribution is -2.38. The van der Waals surface area contributed by atoms with Crippen molar-refractivity contribution in [1.29, 1.82) is 0 Å². The normalized spacial score (nSPS) is 14.4. The SMILES string of the molecule is C[CH]C(=O)N1CCOc2ncc(Br)cc21. The summed E-state index contributed by atoms with van der Waals surface area (Å²) in [5, 5.41) is 0. The monoisotopic (exact) mass is 269 g/mol. The zero-order valence-corrected chi connectivity index (χ0v) is 9.82. The summed E-state index contributed by atoms with van der Waals surface area (Å²) in [6.45, 7) is 2.78. The van der Waals surface area contributed by atoms with Gasteiger partial charge in [0.1, 0.15) is 12.3 Å². The van der Waals surface area contributed by atoms with Crippen molar-refractivity contribution >= 4 is 27.5 Å². The minimum absolute atomic E-state index is 0.0283. The molecule has 1 radical (unpaired) electrons. The van der Waals surface area contributed by atoms with E-state index in [1.54, 1.807) is 18.0 Å². The van der Waals surface area contributed by atoms with Gasteiger partial charge in [-0.1, -0.05) is 6.92 Å². The first kappa shape index (κ1) is 10.4. The number of amides is 1. The molecule has 0 spiro atoms. The summed E-state index contributed by atoms with van der Waals surface area (Å²) < 4.78 is 6.20. The van der Waals surface area contributed by atoms with Gasteiger partial charge in [-0.3, -0.25) is 4.79 Å². The molecule has 2 rings (SSSR count). The first-order valence-electron chi connectivity index (χ1n) is 4.61. The van der Waals surface area contributed by atoms with Gasteiger partial charge in [-0.2, -0.15) is 0 Å². The molecule has 2 heterocycles. The number of fused-ring (bicyclic) bond motifs is 1. The van der Waals surface area contributed by atoms with Gasteiger partial charge in [0.15, 0.2) is 0 Å². The maximum absolute atomic E-state index is 11.6. The molecule has 0 atom stereocenters. The molecule has 0 N–H and O–H groups in total. The Balaban J connectivity index is 2.40. The van der Waals surface area contributed by atoms with Crippen molar-refractivity contribution in [3.8, 4) is 5.88 Å². The molecule has 0 saturated carbocycles. The lowest BCUT2D eigenvalue weighted by molar-refractivity contribution is -0.115. The topological polar surface area (TPSA) is 42.4 Å². The molecule has 0 aromatic carbocycles. The van der Waals surface area contributed by atoms with E-state index in [9.17, 15) is 4.79 Å². The number of hydrogen-bond acceptors (Lipinski definition) is 3. The summed E-state index contributed by atoms with van der Waals surface area (Å²) in [6.07, 6.45) is 3.19. The number of carbonyl (C=O) groups is 1. The summed E-state index contributed by atoms with van der Waals surface area (Å²) in [7, 11) is 0. The Bertz CT molecular complexity index is 395. The van der Waals surface area contributed by atoms with Gasteiger partial charge in [0.05, 0.1) is 6.54 Å². The van der Waals surface area contributed by atoms with Crippen molar-refractivity contribution in [3.05, 3.63) is 23.2 Å². The molecular weight excluding hydrogens is 260 g/mol. The van der Waals surface area contributed by atoms with Crippen LogP contribution in [0, 0.1) is 6.42 Å². The van der Waals surface area contributed by atoms with Gasteiger partial charge < -0.3 is 9.64 Å². The molecule has 5 heteroatoms. The van der Waals surface area contributed by atoms with Crippen molar-refractivity contribution in [1.82, 2.24) is 4.98 Å². The number of hydrogen-bond donors (Lipinski definition) is 0. The van der Waals surface area contributed by atoms with E-state index in [-0.39, 0.29) is 5.91 Å². The Morgan fingerprint density at radius 2 is 2.53 bits per heavy atom. The molecule has 0 unspecified atom stereocenters. The number of ether oxygens (including phenoxy) is 1. The van der Waals surface area contributed by atoms with Crippen LogP contribution in [0.25, 0.3) is 0 Å². The van der Waals surface area contributed by atoms with Gasteiger partial charge in [0, 0.05) is 17.1 Å². The van der Waals surface area contributed by atoms with Crippen LogP contribution >= 0.6 is 15.9 Å². The Labute approximate surface area is 96.4 Å². The summed E-state index contributed by atoms with van der Waals surface area (Å²) in [6, 6.07) is 1.84. The van der Waals surface area contributed by atoms with Gasteiger partial charge in [-0.05, 0) is 22.0 Å². The second-order valence-electron chi connectivity index (χ2n) is 3.10. The maximum Gasteiger partial charge on any atom is 0.238 e. The fourth-order valence-electron chi connectivity index (χ4n) is 1.46. The van der Waals surface area contributed by atoms with Crippen LogP contribution < -0.4 is 9.64 Å². The number of nitrogens with zero attached hydrogens (tertiary/aromatic N) is 2. The van der Waals surface area contributed by atoms with E-state index >= 15 is 0 Å². The third-order valence-electron chi connectivity index (χ3n) is 2.16. The maximum atomic E-state index is 11.6. The number of halogens is 1. The third kappa shape index (κ3) is 1.97. The number of aromatic nitrogens is 1. The van der Waals surface area contributed by atoms with Crippen LogP contribution in [0.5, 0.6) is 5.88 Å². The van der Waals surface area contributed by atoms with Crippen LogP contribution in [0.15, 0.2) is 16.7 Å². The van der Waals surface area contributed by atoms with Crippen LogP contribution in [0.2, 0.25) is 0 Å².